The van der Waals surface area contributed by atoms with Crippen LogP contribution in [-0.4, -0.2) is 6.04 Å². The first-order valence-corrected chi connectivity index (χ1v) is 6.62. The molecule has 2 aromatic heterocycles. The Bertz CT molecular complexity index is 411. The zero-order chi connectivity index (χ0) is 12.1. The maximum atomic E-state index is 6.10. The molecule has 0 aromatic carbocycles. The van der Waals surface area contributed by atoms with Crippen molar-refractivity contribution < 1.29 is 9.15 Å². The topological polar surface area (TPSA) is 48.4 Å². The van der Waals surface area contributed by atoms with Gasteiger partial charge in [-0.2, -0.15) is 0 Å². The van der Waals surface area contributed by atoms with E-state index in [0.29, 0.717) is 6.61 Å². The first kappa shape index (κ1) is 12.4. The number of hydrogen-bond acceptors (Lipinski definition) is 4. The first-order chi connectivity index (χ1) is 8.31. The average Bonchev–Trinajstić information content (AvgIpc) is 3.01. The van der Waals surface area contributed by atoms with Gasteiger partial charge >= 0.3 is 0 Å². The Labute approximate surface area is 105 Å². The summed E-state index contributed by atoms with van der Waals surface area (Å²) in [4.78, 5) is 1.17. The van der Waals surface area contributed by atoms with Crippen molar-refractivity contribution in [2.75, 3.05) is 0 Å². The molecule has 4 heteroatoms. The zero-order valence-electron chi connectivity index (χ0n) is 9.84. The van der Waals surface area contributed by atoms with Gasteiger partial charge in [0.05, 0.1) is 6.26 Å². The Balaban J connectivity index is 2.01. The second kappa shape index (κ2) is 6.00. The molecular formula is C13H17NO2S. The SMILES string of the molecule is CCC(N)C(OCc1ccco1)c1cccs1. The molecule has 3 nitrogen and oxygen atoms in total. The van der Waals surface area contributed by atoms with Crippen molar-refractivity contribution in [3.63, 3.8) is 0 Å². The molecule has 17 heavy (non-hydrogen) atoms. The van der Waals surface area contributed by atoms with Crippen molar-refractivity contribution >= 4 is 11.3 Å². The molecule has 2 aromatic rings. The van der Waals surface area contributed by atoms with Gasteiger partial charge in [0.25, 0.3) is 0 Å². The van der Waals surface area contributed by atoms with Crippen LogP contribution in [-0.2, 0) is 11.3 Å². The van der Waals surface area contributed by atoms with E-state index < -0.39 is 0 Å². The van der Waals surface area contributed by atoms with Crippen LogP contribution >= 0.6 is 11.3 Å². The summed E-state index contributed by atoms with van der Waals surface area (Å²) in [5.41, 5.74) is 6.10. The Kier molecular flexibility index (Phi) is 4.36. The van der Waals surface area contributed by atoms with E-state index in [1.54, 1.807) is 17.6 Å². The minimum absolute atomic E-state index is 0.0172. The maximum absolute atomic E-state index is 6.10. The van der Waals surface area contributed by atoms with Crippen molar-refractivity contribution in [2.24, 2.45) is 5.73 Å². The predicted octanol–water partition coefficient (Wildman–Crippen LogP) is 3.34. The van der Waals surface area contributed by atoms with Crippen LogP contribution in [0.2, 0.25) is 0 Å². The highest BCUT2D eigenvalue weighted by Crippen LogP contribution is 2.27. The number of furan rings is 1. The quantitative estimate of drug-likeness (QED) is 0.856. The van der Waals surface area contributed by atoms with Gasteiger partial charge in [-0.05, 0) is 30.0 Å². The Morgan fingerprint density at radius 3 is 2.88 bits per heavy atom. The molecule has 0 radical (unpaired) electrons. The third-order valence-corrected chi connectivity index (χ3v) is 3.60. The Morgan fingerprint density at radius 2 is 2.29 bits per heavy atom. The molecule has 0 aliphatic heterocycles. The molecule has 0 aliphatic carbocycles. The van der Waals surface area contributed by atoms with E-state index in [1.165, 1.54) is 4.88 Å². The Morgan fingerprint density at radius 1 is 1.41 bits per heavy atom. The molecule has 0 bridgehead atoms. The van der Waals surface area contributed by atoms with Crippen LogP contribution in [0.5, 0.6) is 0 Å². The molecule has 0 spiro atoms. The van der Waals surface area contributed by atoms with Crippen molar-refractivity contribution in [2.45, 2.75) is 32.1 Å². The molecule has 2 atom stereocenters. The van der Waals surface area contributed by atoms with Gasteiger partial charge in [0.2, 0.25) is 0 Å². The summed E-state index contributed by atoms with van der Waals surface area (Å²) in [5, 5.41) is 2.04. The van der Waals surface area contributed by atoms with Crippen molar-refractivity contribution in [3.05, 3.63) is 46.5 Å². The van der Waals surface area contributed by atoms with Crippen molar-refractivity contribution in [1.82, 2.24) is 0 Å². The third-order valence-electron chi connectivity index (χ3n) is 2.67. The molecule has 2 unspecified atom stereocenters. The van der Waals surface area contributed by atoms with Gasteiger partial charge in [-0.3, -0.25) is 0 Å². The van der Waals surface area contributed by atoms with Crippen LogP contribution in [0.4, 0.5) is 0 Å². The van der Waals surface area contributed by atoms with E-state index in [-0.39, 0.29) is 12.1 Å². The van der Waals surface area contributed by atoms with Crippen LogP contribution in [0.25, 0.3) is 0 Å². The maximum Gasteiger partial charge on any atom is 0.129 e. The lowest BCUT2D eigenvalue weighted by Gasteiger charge is -2.21. The predicted molar refractivity (Wildman–Crippen MR) is 68.8 cm³/mol. The van der Waals surface area contributed by atoms with E-state index in [2.05, 4.69) is 13.0 Å². The molecule has 0 aliphatic rings. The molecule has 0 fully saturated rings. The number of thiophene rings is 1. The van der Waals surface area contributed by atoms with Crippen LogP contribution < -0.4 is 5.73 Å². The summed E-state index contributed by atoms with van der Waals surface area (Å²) in [5.74, 6) is 0.829. The highest BCUT2D eigenvalue weighted by atomic mass is 32.1. The molecule has 0 saturated heterocycles. The minimum atomic E-state index is -0.0508. The van der Waals surface area contributed by atoms with E-state index in [4.69, 9.17) is 14.9 Å². The molecule has 2 rings (SSSR count). The average molecular weight is 251 g/mol. The fraction of sp³-hybridized carbons (Fsp3) is 0.385. The molecule has 0 amide bonds. The van der Waals surface area contributed by atoms with Gasteiger partial charge in [0.1, 0.15) is 18.5 Å². The second-order valence-corrected chi connectivity index (χ2v) is 4.88. The van der Waals surface area contributed by atoms with Gasteiger partial charge in [0, 0.05) is 10.9 Å². The Hall–Kier alpha value is -1.10. The fourth-order valence-electron chi connectivity index (χ4n) is 1.65. The number of ether oxygens (including phenoxy) is 1. The third kappa shape index (κ3) is 3.19. The van der Waals surface area contributed by atoms with Crippen LogP contribution in [0.1, 0.15) is 30.1 Å². The standard InChI is InChI=1S/C13H17NO2S/c1-2-11(14)13(12-6-4-8-17-12)16-9-10-5-3-7-15-10/h3-8,11,13H,2,9,14H2,1H3. The smallest absolute Gasteiger partial charge is 0.129 e. The van der Waals surface area contributed by atoms with E-state index in [9.17, 15) is 0 Å². The van der Waals surface area contributed by atoms with Gasteiger partial charge in [-0.1, -0.05) is 13.0 Å². The molecule has 0 saturated carbocycles. The van der Waals surface area contributed by atoms with Crippen LogP contribution in [0, 0.1) is 0 Å². The summed E-state index contributed by atoms with van der Waals surface area (Å²) in [6.07, 6.45) is 2.49. The normalized spacial score (nSPS) is 14.7. The van der Waals surface area contributed by atoms with Crippen LogP contribution in [0.3, 0.4) is 0 Å². The van der Waals surface area contributed by atoms with Gasteiger partial charge < -0.3 is 14.9 Å². The monoisotopic (exact) mass is 251 g/mol. The minimum Gasteiger partial charge on any atom is -0.467 e. The lowest BCUT2D eigenvalue weighted by Crippen LogP contribution is -2.28. The molecule has 2 heterocycles. The van der Waals surface area contributed by atoms with Gasteiger partial charge in [-0.15, -0.1) is 11.3 Å². The van der Waals surface area contributed by atoms with E-state index >= 15 is 0 Å². The van der Waals surface area contributed by atoms with Gasteiger partial charge in [0.15, 0.2) is 0 Å². The highest BCUT2D eigenvalue weighted by Gasteiger charge is 2.20. The fourth-order valence-corrected chi connectivity index (χ4v) is 2.50. The van der Waals surface area contributed by atoms with Crippen molar-refractivity contribution in [3.8, 4) is 0 Å². The second-order valence-electron chi connectivity index (χ2n) is 3.90. The van der Waals surface area contributed by atoms with Crippen LogP contribution in [0.15, 0.2) is 40.3 Å². The highest BCUT2D eigenvalue weighted by molar-refractivity contribution is 7.10. The summed E-state index contributed by atoms with van der Waals surface area (Å²) in [6.45, 7) is 2.53. The number of hydrogen-bond donors (Lipinski definition) is 1. The van der Waals surface area contributed by atoms with Gasteiger partial charge in [-0.25, -0.2) is 0 Å². The zero-order valence-corrected chi connectivity index (χ0v) is 10.7. The molecule has 2 N–H and O–H groups in total. The summed E-state index contributed by atoms with van der Waals surface area (Å²) < 4.78 is 11.1. The lowest BCUT2D eigenvalue weighted by molar-refractivity contribution is 0.0149. The van der Waals surface area contributed by atoms with E-state index in [1.807, 2.05) is 23.6 Å². The largest absolute Gasteiger partial charge is 0.467 e. The molecular weight excluding hydrogens is 234 g/mol. The first-order valence-electron chi connectivity index (χ1n) is 5.74. The number of rotatable bonds is 6. The lowest BCUT2D eigenvalue weighted by atomic mass is 10.1. The number of nitrogens with two attached hydrogens (primary N) is 1. The summed E-state index contributed by atoms with van der Waals surface area (Å²) in [6, 6.07) is 7.86. The van der Waals surface area contributed by atoms with E-state index in [0.717, 1.165) is 12.2 Å². The molecule has 92 valence electrons. The summed E-state index contributed by atoms with van der Waals surface area (Å²) >= 11 is 1.68. The summed E-state index contributed by atoms with van der Waals surface area (Å²) in [7, 11) is 0. The van der Waals surface area contributed by atoms with Crippen molar-refractivity contribution in [1.29, 1.82) is 0 Å².